The van der Waals surface area contributed by atoms with Gasteiger partial charge in [0, 0.05) is 13.6 Å². The average molecular weight is 313 g/mol. The number of likely N-dealkylation sites (N-methyl/N-ethyl adjacent to an activating group) is 1. The van der Waals surface area contributed by atoms with Crippen molar-refractivity contribution in [3.8, 4) is 5.75 Å². The SMILES string of the molecule is Cc1ccc(O)c(C(=O)OCC(=O)N(C)Cc2ccccc2)c1. The van der Waals surface area contributed by atoms with Crippen LogP contribution in [0.25, 0.3) is 0 Å². The van der Waals surface area contributed by atoms with E-state index in [1.54, 1.807) is 20.0 Å². The number of amides is 1. The van der Waals surface area contributed by atoms with Gasteiger partial charge in [-0.1, -0.05) is 42.0 Å². The molecule has 0 atom stereocenters. The molecule has 5 heteroatoms. The molecule has 1 amide bonds. The molecular formula is C18H19NO4. The Kier molecular flexibility index (Phi) is 5.36. The molecule has 0 aliphatic rings. The summed E-state index contributed by atoms with van der Waals surface area (Å²) in [5.74, 6) is -1.19. The maximum absolute atomic E-state index is 12.0. The molecule has 0 heterocycles. The van der Waals surface area contributed by atoms with Crippen LogP contribution in [0.5, 0.6) is 5.75 Å². The number of phenolic OH excluding ortho intramolecular Hbond substituents is 1. The normalized spacial score (nSPS) is 10.2. The van der Waals surface area contributed by atoms with E-state index in [0.717, 1.165) is 11.1 Å². The third-order valence-corrected chi connectivity index (χ3v) is 3.39. The monoisotopic (exact) mass is 313 g/mol. The highest BCUT2D eigenvalue weighted by molar-refractivity contribution is 5.94. The van der Waals surface area contributed by atoms with Crippen LogP contribution < -0.4 is 0 Å². The lowest BCUT2D eigenvalue weighted by Crippen LogP contribution is -2.30. The van der Waals surface area contributed by atoms with Gasteiger partial charge in [-0.3, -0.25) is 4.79 Å². The van der Waals surface area contributed by atoms with Crippen molar-refractivity contribution in [1.82, 2.24) is 4.90 Å². The second kappa shape index (κ2) is 7.45. The molecule has 0 saturated heterocycles. The third kappa shape index (κ3) is 4.57. The van der Waals surface area contributed by atoms with E-state index in [4.69, 9.17) is 4.74 Å². The molecule has 2 rings (SSSR count). The van der Waals surface area contributed by atoms with Crippen LogP contribution in [0.2, 0.25) is 0 Å². The molecule has 5 nitrogen and oxygen atoms in total. The number of hydrogen-bond donors (Lipinski definition) is 1. The Labute approximate surface area is 135 Å². The van der Waals surface area contributed by atoms with Crippen LogP contribution >= 0.6 is 0 Å². The molecule has 0 radical (unpaired) electrons. The van der Waals surface area contributed by atoms with Gasteiger partial charge < -0.3 is 14.7 Å². The fraction of sp³-hybridized carbons (Fsp3) is 0.222. The van der Waals surface area contributed by atoms with Crippen LogP contribution in [0.1, 0.15) is 21.5 Å². The zero-order chi connectivity index (χ0) is 16.8. The number of hydrogen-bond acceptors (Lipinski definition) is 4. The quantitative estimate of drug-likeness (QED) is 0.861. The number of phenols is 1. The number of aromatic hydroxyl groups is 1. The van der Waals surface area contributed by atoms with Gasteiger partial charge in [-0.15, -0.1) is 0 Å². The number of ether oxygens (including phenoxy) is 1. The van der Waals surface area contributed by atoms with Gasteiger partial charge in [-0.2, -0.15) is 0 Å². The second-order valence-corrected chi connectivity index (χ2v) is 5.33. The predicted molar refractivity (Wildman–Crippen MR) is 86.0 cm³/mol. The number of carbonyl (C=O) groups excluding carboxylic acids is 2. The molecule has 0 aliphatic heterocycles. The number of benzene rings is 2. The van der Waals surface area contributed by atoms with E-state index in [1.165, 1.54) is 17.0 Å². The maximum Gasteiger partial charge on any atom is 0.342 e. The molecular weight excluding hydrogens is 294 g/mol. The average Bonchev–Trinajstić information content (AvgIpc) is 2.55. The third-order valence-electron chi connectivity index (χ3n) is 3.39. The minimum atomic E-state index is -0.715. The molecule has 2 aromatic carbocycles. The number of rotatable bonds is 5. The van der Waals surface area contributed by atoms with E-state index in [2.05, 4.69) is 0 Å². The van der Waals surface area contributed by atoms with E-state index in [1.807, 2.05) is 30.3 Å². The largest absolute Gasteiger partial charge is 0.507 e. The van der Waals surface area contributed by atoms with E-state index in [-0.39, 0.29) is 23.8 Å². The van der Waals surface area contributed by atoms with Crippen LogP contribution in [0.15, 0.2) is 48.5 Å². The molecule has 2 aromatic rings. The summed E-state index contributed by atoms with van der Waals surface area (Å²) in [6.07, 6.45) is 0. The number of esters is 1. The van der Waals surface area contributed by atoms with Crippen LogP contribution in [-0.2, 0) is 16.1 Å². The smallest absolute Gasteiger partial charge is 0.342 e. The lowest BCUT2D eigenvalue weighted by atomic mass is 10.1. The highest BCUT2D eigenvalue weighted by atomic mass is 16.5. The van der Waals surface area contributed by atoms with Crippen LogP contribution in [0, 0.1) is 6.92 Å². The van der Waals surface area contributed by atoms with Crippen molar-refractivity contribution in [2.24, 2.45) is 0 Å². The van der Waals surface area contributed by atoms with Crippen molar-refractivity contribution in [2.45, 2.75) is 13.5 Å². The van der Waals surface area contributed by atoms with Gasteiger partial charge in [-0.05, 0) is 24.6 Å². The summed E-state index contributed by atoms with van der Waals surface area (Å²) in [5, 5.41) is 9.68. The minimum Gasteiger partial charge on any atom is -0.507 e. The number of carbonyl (C=O) groups is 2. The van der Waals surface area contributed by atoms with Gasteiger partial charge in [-0.25, -0.2) is 4.79 Å². The van der Waals surface area contributed by atoms with Gasteiger partial charge in [0.2, 0.25) is 0 Å². The summed E-state index contributed by atoms with van der Waals surface area (Å²) in [6, 6.07) is 14.2. The Bertz CT molecular complexity index is 697. The maximum atomic E-state index is 12.0. The van der Waals surface area contributed by atoms with Gasteiger partial charge in [0.15, 0.2) is 6.61 Å². The number of nitrogens with zero attached hydrogens (tertiary/aromatic N) is 1. The predicted octanol–water partition coefficient (Wildman–Crippen LogP) is 2.52. The fourth-order valence-corrected chi connectivity index (χ4v) is 2.07. The Balaban J connectivity index is 1.90. The summed E-state index contributed by atoms with van der Waals surface area (Å²) in [7, 11) is 1.65. The first-order valence-electron chi connectivity index (χ1n) is 7.22. The first-order valence-corrected chi connectivity index (χ1v) is 7.22. The lowest BCUT2D eigenvalue weighted by molar-refractivity contribution is -0.133. The zero-order valence-corrected chi connectivity index (χ0v) is 13.2. The molecule has 0 fully saturated rings. The highest BCUT2D eigenvalue weighted by Crippen LogP contribution is 2.19. The Morgan fingerprint density at radius 3 is 2.52 bits per heavy atom. The lowest BCUT2D eigenvalue weighted by Gasteiger charge is -2.17. The van der Waals surface area contributed by atoms with Crippen molar-refractivity contribution in [1.29, 1.82) is 0 Å². The first-order chi connectivity index (χ1) is 11.0. The number of aryl methyl sites for hydroxylation is 1. The molecule has 120 valence electrons. The Hall–Kier alpha value is -2.82. The Morgan fingerprint density at radius 1 is 1.13 bits per heavy atom. The molecule has 1 N–H and O–H groups in total. The van der Waals surface area contributed by atoms with Crippen LogP contribution in [-0.4, -0.2) is 35.5 Å². The van der Waals surface area contributed by atoms with E-state index in [9.17, 15) is 14.7 Å². The second-order valence-electron chi connectivity index (χ2n) is 5.33. The van der Waals surface area contributed by atoms with Crippen molar-refractivity contribution in [3.63, 3.8) is 0 Å². The van der Waals surface area contributed by atoms with Crippen molar-refractivity contribution in [2.75, 3.05) is 13.7 Å². The molecule has 0 saturated carbocycles. The van der Waals surface area contributed by atoms with Gasteiger partial charge in [0.25, 0.3) is 5.91 Å². The van der Waals surface area contributed by atoms with Crippen LogP contribution in [0.3, 0.4) is 0 Å². The van der Waals surface area contributed by atoms with E-state index >= 15 is 0 Å². The molecule has 0 bridgehead atoms. The van der Waals surface area contributed by atoms with Gasteiger partial charge >= 0.3 is 5.97 Å². The summed E-state index contributed by atoms with van der Waals surface area (Å²) in [5.41, 5.74) is 1.87. The van der Waals surface area contributed by atoms with Crippen LogP contribution in [0.4, 0.5) is 0 Å². The first kappa shape index (κ1) is 16.5. The van der Waals surface area contributed by atoms with Gasteiger partial charge in [0.1, 0.15) is 11.3 Å². The summed E-state index contributed by atoms with van der Waals surface area (Å²) >= 11 is 0. The Morgan fingerprint density at radius 2 is 1.83 bits per heavy atom. The van der Waals surface area contributed by atoms with Gasteiger partial charge in [0.05, 0.1) is 0 Å². The minimum absolute atomic E-state index is 0.0588. The highest BCUT2D eigenvalue weighted by Gasteiger charge is 2.16. The summed E-state index contributed by atoms with van der Waals surface area (Å²) < 4.78 is 4.99. The summed E-state index contributed by atoms with van der Waals surface area (Å²) in [4.78, 5) is 25.5. The molecule has 23 heavy (non-hydrogen) atoms. The van der Waals surface area contributed by atoms with E-state index < -0.39 is 5.97 Å². The summed E-state index contributed by atoms with van der Waals surface area (Å²) in [6.45, 7) is 1.87. The van der Waals surface area contributed by atoms with Crippen molar-refractivity contribution < 1.29 is 19.4 Å². The fourth-order valence-electron chi connectivity index (χ4n) is 2.07. The molecule has 0 spiro atoms. The molecule has 0 aliphatic carbocycles. The van der Waals surface area contributed by atoms with Crippen molar-refractivity contribution in [3.05, 3.63) is 65.2 Å². The topological polar surface area (TPSA) is 66.8 Å². The standard InChI is InChI=1S/C18H19NO4/c1-13-8-9-16(20)15(10-13)18(22)23-12-17(21)19(2)11-14-6-4-3-5-7-14/h3-10,20H,11-12H2,1-2H3. The van der Waals surface area contributed by atoms with Crippen molar-refractivity contribution >= 4 is 11.9 Å². The molecule has 0 aromatic heterocycles. The zero-order valence-electron chi connectivity index (χ0n) is 13.2. The van der Waals surface area contributed by atoms with E-state index in [0.29, 0.717) is 6.54 Å². The molecule has 0 unspecified atom stereocenters.